The predicted octanol–water partition coefficient (Wildman–Crippen LogP) is 2.13. The summed E-state index contributed by atoms with van der Waals surface area (Å²) in [7, 11) is 0. The molecule has 1 unspecified atom stereocenters. The molecule has 1 fully saturated rings. The van der Waals surface area contributed by atoms with Gasteiger partial charge in [0, 0.05) is 13.1 Å². The summed E-state index contributed by atoms with van der Waals surface area (Å²) in [5, 5.41) is 8.86. The van der Waals surface area contributed by atoms with Crippen molar-refractivity contribution in [3.8, 4) is 0 Å². The van der Waals surface area contributed by atoms with Crippen molar-refractivity contribution in [3.63, 3.8) is 0 Å². The number of carboxylic acid groups (broad SMARTS) is 1. The Bertz CT molecular complexity index is 506. The molecular weight excluding hydrogens is 305 g/mol. The molecule has 96 valence electrons. The van der Waals surface area contributed by atoms with Gasteiger partial charge in [0.1, 0.15) is 5.82 Å². The first-order valence-corrected chi connectivity index (χ1v) is 6.26. The molecule has 1 amide bonds. The van der Waals surface area contributed by atoms with Crippen molar-refractivity contribution in [3.05, 3.63) is 34.1 Å². The van der Waals surface area contributed by atoms with Crippen molar-refractivity contribution in [1.29, 1.82) is 0 Å². The molecular formula is C12H11BrFNO3. The van der Waals surface area contributed by atoms with E-state index in [2.05, 4.69) is 15.9 Å². The molecule has 0 spiro atoms. The molecule has 1 N–H and O–H groups in total. The fourth-order valence-corrected chi connectivity index (χ4v) is 2.35. The van der Waals surface area contributed by atoms with Gasteiger partial charge in [-0.1, -0.05) is 6.07 Å². The summed E-state index contributed by atoms with van der Waals surface area (Å²) in [5.74, 6) is -2.54. The Balaban J connectivity index is 2.18. The minimum atomic E-state index is -0.917. The number of carbonyl (C=O) groups excluding carboxylic acids is 1. The van der Waals surface area contributed by atoms with Gasteiger partial charge < -0.3 is 10.0 Å². The van der Waals surface area contributed by atoms with Gasteiger partial charge in [-0.25, -0.2) is 4.39 Å². The Morgan fingerprint density at radius 2 is 2.17 bits per heavy atom. The van der Waals surface area contributed by atoms with Gasteiger partial charge in [-0.15, -0.1) is 0 Å². The highest BCUT2D eigenvalue weighted by atomic mass is 79.9. The van der Waals surface area contributed by atoms with Crippen LogP contribution < -0.4 is 0 Å². The van der Waals surface area contributed by atoms with Crippen molar-refractivity contribution in [2.75, 3.05) is 13.1 Å². The SMILES string of the molecule is O=C(O)C1CCN(C(=O)c2cccc(Br)c2F)C1. The molecule has 1 aliphatic rings. The number of halogens is 2. The minimum Gasteiger partial charge on any atom is -0.481 e. The minimum absolute atomic E-state index is 0.0320. The van der Waals surface area contributed by atoms with E-state index in [9.17, 15) is 14.0 Å². The first-order valence-electron chi connectivity index (χ1n) is 5.47. The van der Waals surface area contributed by atoms with E-state index in [1.807, 2.05) is 0 Å². The van der Waals surface area contributed by atoms with Crippen LogP contribution in [0.4, 0.5) is 4.39 Å². The summed E-state index contributed by atoms with van der Waals surface area (Å²) in [6.07, 6.45) is 0.413. The van der Waals surface area contributed by atoms with Crippen LogP contribution in [-0.2, 0) is 4.79 Å². The molecule has 0 saturated carbocycles. The molecule has 1 saturated heterocycles. The number of carboxylic acids is 1. The van der Waals surface area contributed by atoms with Crippen LogP contribution in [0, 0.1) is 11.7 Å². The Morgan fingerprint density at radius 3 is 2.78 bits per heavy atom. The largest absolute Gasteiger partial charge is 0.481 e. The molecule has 2 rings (SSSR count). The lowest BCUT2D eigenvalue weighted by Crippen LogP contribution is -2.30. The average Bonchev–Trinajstić information content (AvgIpc) is 2.81. The number of benzene rings is 1. The zero-order valence-electron chi connectivity index (χ0n) is 9.40. The molecule has 18 heavy (non-hydrogen) atoms. The fraction of sp³-hybridized carbons (Fsp3) is 0.333. The van der Waals surface area contributed by atoms with Crippen molar-refractivity contribution >= 4 is 27.8 Å². The van der Waals surface area contributed by atoms with Crippen LogP contribution in [0.3, 0.4) is 0 Å². The third kappa shape index (κ3) is 2.38. The van der Waals surface area contributed by atoms with Crippen molar-refractivity contribution < 1.29 is 19.1 Å². The smallest absolute Gasteiger partial charge is 0.308 e. The number of rotatable bonds is 2. The Kier molecular flexibility index (Phi) is 3.65. The molecule has 1 aromatic carbocycles. The van der Waals surface area contributed by atoms with E-state index in [1.54, 1.807) is 6.07 Å². The maximum atomic E-state index is 13.8. The summed E-state index contributed by atoms with van der Waals surface area (Å²) in [4.78, 5) is 24.2. The molecule has 0 radical (unpaired) electrons. The second kappa shape index (κ2) is 5.06. The normalized spacial score (nSPS) is 19.0. The van der Waals surface area contributed by atoms with E-state index in [0.29, 0.717) is 13.0 Å². The highest BCUT2D eigenvalue weighted by molar-refractivity contribution is 9.10. The number of hydrogen-bond donors (Lipinski definition) is 1. The Morgan fingerprint density at radius 1 is 1.44 bits per heavy atom. The molecule has 1 atom stereocenters. The van der Waals surface area contributed by atoms with Crippen LogP contribution in [0.25, 0.3) is 0 Å². The molecule has 6 heteroatoms. The van der Waals surface area contributed by atoms with Gasteiger partial charge in [-0.2, -0.15) is 0 Å². The van der Waals surface area contributed by atoms with Crippen LogP contribution in [0.2, 0.25) is 0 Å². The van der Waals surface area contributed by atoms with Crippen molar-refractivity contribution in [1.82, 2.24) is 4.90 Å². The third-order valence-corrected chi connectivity index (χ3v) is 3.62. The van der Waals surface area contributed by atoms with Crippen LogP contribution in [0.5, 0.6) is 0 Å². The molecule has 4 nitrogen and oxygen atoms in total. The first kappa shape index (κ1) is 13.0. The highest BCUT2D eigenvalue weighted by Gasteiger charge is 2.32. The summed E-state index contributed by atoms with van der Waals surface area (Å²) >= 11 is 3.02. The molecule has 0 aromatic heterocycles. The Labute approximate surface area is 112 Å². The van der Waals surface area contributed by atoms with Crippen LogP contribution in [0.15, 0.2) is 22.7 Å². The number of aliphatic carboxylic acids is 1. The Hall–Kier alpha value is -1.43. The lowest BCUT2D eigenvalue weighted by Gasteiger charge is -2.16. The van der Waals surface area contributed by atoms with Gasteiger partial charge in [0.2, 0.25) is 0 Å². The fourth-order valence-electron chi connectivity index (χ4n) is 1.99. The van der Waals surface area contributed by atoms with E-state index in [1.165, 1.54) is 17.0 Å². The summed E-state index contributed by atoms with van der Waals surface area (Å²) in [6, 6.07) is 4.48. The van der Waals surface area contributed by atoms with E-state index in [-0.39, 0.29) is 16.6 Å². The highest BCUT2D eigenvalue weighted by Crippen LogP contribution is 2.23. The molecule has 0 bridgehead atoms. The van der Waals surface area contributed by atoms with Gasteiger partial charge >= 0.3 is 5.97 Å². The van der Waals surface area contributed by atoms with Gasteiger partial charge in [-0.3, -0.25) is 9.59 Å². The number of carbonyl (C=O) groups is 2. The van der Waals surface area contributed by atoms with Crippen LogP contribution in [-0.4, -0.2) is 35.0 Å². The van der Waals surface area contributed by atoms with Gasteiger partial charge in [0.05, 0.1) is 16.0 Å². The standard InChI is InChI=1S/C12H11BrFNO3/c13-9-3-1-2-8(10(9)14)11(16)15-5-4-7(6-15)12(17)18/h1-3,7H,4-6H2,(H,17,18). The predicted molar refractivity (Wildman–Crippen MR) is 65.7 cm³/mol. The van der Waals surface area contributed by atoms with E-state index in [4.69, 9.17) is 5.11 Å². The van der Waals surface area contributed by atoms with Crippen molar-refractivity contribution in [2.45, 2.75) is 6.42 Å². The maximum Gasteiger partial charge on any atom is 0.308 e. The average molecular weight is 316 g/mol. The lowest BCUT2D eigenvalue weighted by atomic mass is 10.1. The number of hydrogen-bond acceptors (Lipinski definition) is 2. The topological polar surface area (TPSA) is 57.6 Å². The number of nitrogens with zero attached hydrogens (tertiary/aromatic N) is 1. The van der Waals surface area contributed by atoms with Crippen molar-refractivity contribution in [2.24, 2.45) is 5.92 Å². The molecule has 1 heterocycles. The number of likely N-dealkylation sites (tertiary alicyclic amines) is 1. The second-order valence-corrected chi connectivity index (χ2v) is 5.03. The van der Waals surface area contributed by atoms with Crippen LogP contribution >= 0.6 is 15.9 Å². The van der Waals surface area contributed by atoms with Gasteiger partial charge in [0.25, 0.3) is 5.91 Å². The summed E-state index contributed by atoms with van der Waals surface area (Å²) < 4.78 is 14.0. The molecule has 0 aliphatic carbocycles. The first-order chi connectivity index (χ1) is 8.50. The van der Waals surface area contributed by atoms with E-state index in [0.717, 1.165) is 0 Å². The van der Waals surface area contributed by atoms with E-state index < -0.39 is 23.6 Å². The third-order valence-electron chi connectivity index (χ3n) is 3.01. The second-order valence-electron chi connectivity index (χ2n) is 4.18. The molecule has 1 aliphatic heterocycles. The summed E-state index contributed by atoms with van der Waals surface area (Å²) in [5.41, 5.74) is -0.0320. The van der Waals surface area contributed by atoms with E-state index >= 15 is 0 Å². The zero-order chi connectivity index (χ0) is 13.3. The van der Waals surface area contributed by atoms with Gasteiger partial charge in [0.15, 0.2) is 0 Å². The summed E-state index contributed by atoms with van der Waals surface area (Å²) in [6.45, 7) is 0.488. The van der Waals surface area contributed by atoms with Crippen LogP contribution in [0.1, 0.15) is 16.8 Å². The maximum absolute atomic E-state index is 13.8. The van der Waals surface area contributed by atoms with Gasteiger partial charge in [-0.05, 0) is 34.5 Å². The quantitative estimate of drug-likeness (QED) is 0.909. The zero-order valence-corrected chi connectivity index (χ0v) is 11.0. The monoisotopic (exact) mass is 315 g/mol. The number of amides is 1. The lowest BCUT2D eigenvalue weighted by molar-refractivity contribution is -0.141. The molecule has 1 aromatic rings.